The standard InChI is InChI=1S/C16H16N4OS2/c1-2-13(15-18-7-9-23-15)20-16(21)19-12-5-3-4-11(10-12)14-17-6-8-22-14/h3-10,13H,2H2,1H3,(H2,19,20,21). The van der Waals surface area contributed by atoms with Gasteiger partial charge in [-0.15, -0.1) is 22.7 Å². The van der Waals surface area contributed by atoms with Crippen molar-refractivity contribution in [3.05, 3.63) is 52.4 Å². The van der Waals surface area contributed by atoms with Gasteiger partial charge < -0.3 is 10.6 Å². The zero-order valence-corrected chi connectivity index (χ0v) is 14.2. The molecule has 2 amide bonds. The summed E-state index contributed by atoms with van der Waals surface area (Å²) in [6.07, 6.45) is 4.31. The Labute approximate surface area is 142 Å². The van der Waals surface area contributed by atoms with Crippen molar-refractivity contribution >= 4 is 34.4 Å². The van der Waals surface area contributed by atoms with Gasteiger partial charge in [-0.25, -0.2) is 14.8 Å². The second-order valence-corrected chi connectivity index (χ2v) is 6.67. The Morgan fingerprint density at radius 1 is 1.22 bits per heavy atom. The summed E-state index contributed by atoms with van der Waals surface area (Å²) in [6.45, 7) is 2.02. The molecule has 118 valence electrons. The van der Waals surface area contributed by atoms with E-state index in [2.05, 4.69) is 20.6 Å². The van der Waals surface area contributed by atoms with Crippen molar-refractivity contribution in [3.63, 3.8) is 0 Å². The molecule has 0 spiro atoms. The van der Waals surface area contributed by atoms with Gasteiger partial charge in [0.2, 0.25) is 0 Å². The number of nitrogens with zero attached hydrogens (tertiary/aromatic N) is 2. The monoisotopic (exact) mass is 344 g/mol. The molecule has 1 atom stereocenters. The molecule has 0 bridgehead atoms. The summed E-state index contributed by atoms with van der Waals surface area (Å²) in [5, 5.41) is 11.5. The molecule has 1 unspecified atom stereocenters. The van der Waals surface area contributed by atoms with E-state index >= 15 is 0 Å². The summed E-state index contributed by atoms with van der Waals surface area (Å²) >= 11 is 3.11. The number of hydrogen-bond donors (Lipinski definition) is 2. The van der Waals surface area contributed by atoms with Crippen LogP contribution in [0, 0.1) is 0 Å². The quantitative estimate of drug-likeness (QED) is 0.714. The summed E-state index contributed by atoms with van der Waals surface area (Å²) in [4.78, 5) is 20.8. The molecule has 0 saturated carbocycles. The van der Waals surface area contributed by atoms with Gasteiger partial charge in [-0.1, -0.05) is 19.1 Å². The van der Waals surface area contributed by atoms with Crippen molar-refractivity contribution < 1.29 is 4.79 Å². The third kappa shape index (κ3) is 3.94. The van der Waals surface area contributed by atoms with Crippen LogP contribution in [0.3, 0.4) is 0 Å². The van der Waals surface area contributed by atoms with Crippen LogP contribution in [0.4, 0.5) is 10.5 Å². The predicted molar refractivity (Wildman–Crippen MR) is 94.9 cm³/mol. The number of benzene rings is 1. The second kappa shape index (κ2) is 7.34. The fourth-order valence-electron chi connectivity index (χ4n) is 2.17. The minimum absolute atomic E-state index is 0.0721. The molecule has 23 heavy (non-hydrogen) atoms. The van der Waals surface area contributed by atoms with Crippen LogP contribution in [0.15, 0.2) is 47.4 Å². The molecule has 0 saturated heterocycles. The summed E-state index contributed by atoms with van der Waals surface area (Å²) in [6, 6.07) is 7.36. The van der Waals surface area contributed by atoms with Crippen molar-refractivity contribution in [2.24, 2.45) is 0 Å². The van der Waals surface area contributed by atoms with Gasteiger partial charge in [0.05, 0.1) is 6.04 Å². The lowest BCUT2D eigenvalue weighted by Gasteiger charge is -2.15. The summed E-state index contributed by atoms with van der Waals surface area (Å²) in [5.41, 5.74) is 1.73. The molecular formula is C16H16N4OS2. The van der Waals surface area contributed by atoms with Gasteiger partial charge in [0.15, 0.2) is 0 Å². The molecule has 5 nitrogen and oxygen atoms in total. The molecule has 0 radical (unpaired) electrons. The zero-order valence-electron chi connectivity index (χ0n) is 12.5. The number of aromatic nitrogens is 2. The van der Waals surface area contributed by atoms with Crippen LogP contribution in [0.2, 0.25) is 0 Å². The number of urea groups is 1. The average Bonchev–Trinajstić information content (AvgIpc) is 3.26. The van der Waals surface area contributed by atoms with E-state index in [4.69, 9.17) is 0 Å². The topological polar surface area (TPSA) is 66.9 Å². The van der Waals surface area contributed by atoms with E-state index < -0.39 is 0 Å². The van der Waals surface area contributed by atoms with Crippen LogP contribution in [0.5, 0.6) is 0 Å². The van der Waals surface area contributed by atoms with Gasteiger partial charge >= 0.3 is 6.03 Å². The first-order valence-electron chi connectivity index (χ1n) is 7.23. The molecule has 1 aromatic carbocycles. The van der Waals surface area contributed by atoms with Gasteiger partial charge in [0.1, 0.15) is 10.0 Å². The summed E-state index contributed by atoms with van der Waals surface area (Å²) in [7, 11) is 0. The molecule has 7 heteroatoms. The number of nitrogens with one attached hydrogen (secondary N) is 2. The predicted octanol–water partition coefficient (Wildman–Crippen LogP) is 4.54. The minimum Gasteiger partial charge on any atom is -0.329 e. The third-order valence-corrected chi connectivity index (χ3v) is 4.97. The van der Waals surface area contributed by atoms with Crippen LogP contribution >= 0.6 is 22.7 Å². The van der Waals surface area contributed by atoms with E-state index in [0.717, 1.165) is 27.7 Å². The lowest BCUT2D eigenvalue weighted by atomic mass is 10.2. The Bertz CT molecular complexity index is 756. The van der Waals surface area contributed by atoms with Crippen LogP contribution in [-0.4, -0.2) is 16.0 Å². The van der Waals surface area contributed by atoms with E-state index in [1.807, 2.05) is 41.9 Å². The van der Waals surface area contributed by atoms with Gasteiger partial charge in [-0.05, 0) is 18.6 Å². The highest BCUT2D eigenvalue weighted by Crippen LogP contribution is 2.24. The van der Waals surface area contributed by atoms with E-state index in [0.29, 0.717) is 0 Å². The van der Waals surface area contributed by atoms with E-state index in [1.54, 1.807) is 35.1 Å². The molecule has 3 aromatic rings. The fourth-order valence-corrected chi connectivity index (χ4v) is 3.57. The first-order chi connectivity index (χ1) is 11.3. The maximum atomic E-state index is 12.2. The molecule has 0 fully saturated rings. The SMILES string of the molecule is CCC(NC(=O)Nc1cccc(-c2nccs2)c1)c1nccs1. The molecule has 2 aromatic heterocycles. The maximum absolute atomic E-state index is 12.2. The highest BCUT2D eigenvalue weighted by molar-refractivity contribution is 7.13. The minimum atomic E-state index is -0.233. The number of thiazole rings is 2. The molecule has 2 heterocycles. The van der Waals surface area contributed by atoms with E-state index in [9.17, 15) is 4.79 Å². The third-order valence-electron chi connectivity index (χ3n) is 3.26. The fraction of sp³-hybridized carbons (Fsp3) is 0.188. The largest absolute Gasteiger partial charge is 0.329 e. The van der Waals surface area contributed by atoms with Gasteiger partial charge in [-0.3, -0.25) is 0 Å². The van der Waals surface area contributed by atoms with Gasteiger partial charge in [-0.2, -0.15) is 0 Å². The van der Waals surface area contributed by atoms with Gasteiger partial charge in [0.25, 0.3) is 0 Å². The van der Waals surface area contributed by atoms with E-state index in [-0.39, 0.29) is 12.1 Å². The number of rotatable bonds is 5. The molecular weight excluding hydrogens is 328 g/mol. The van der Waals surface area contributed by atoms with Crippen molar-refractivity contribution in [2.75, 3.05) is 5.32 Å². The normalized spacial score (nSPS) is 11.9. The highest BCUT2D eigenvalue weighted by Gasteiger charge is 2.15. The number of carbonyl (C=O) groups is 1. The van der Waals surface area contributed by atoms with Crippen LogP contribution in [-0.2, 0) is 0 Å². The van der Waals surface area contributed by atoms with Gasteiger partial charge in [0, 0.05) is 34.4 Å². The Balaban J connectivity index is 1.67. The average molecular weight is 344 g/mol. The van der Waals surface area contributed by atoms with Crippen molar-refractivity contribution in [1.29, 1.82) is 0 Å². The number of amides is 2. The Hall–Kier alpha value is -2.25. The van der Waals surface area contributed by atoms with E-state index in [1.165, 1.54) is 0 Å². The smallest absolute Gasteiger partial charge is 0.319 e. The van der Waals surface area contributed by atoms with Crippen LogP contribution < -0.4 is 10.6 Å². The first-order valence-corrected chi connectivity index (χ1v) is 8.99. The molecule has 0 aliphatic heterocycles. The number of carbonyl (C=O) groups excluding carboxylic acids is 1. The van der Waals surface area contributed by atoms with Crippen LogP contribution in [0.1, 0.15) is 24.4 Å². The first kappa shape index (κ1) is 15.6. The molecule has 0 aliphatic carbocycles. The second-order valence-electron chi connectivity index (χ2n) is 4.85. The maximum Gasteiger partial charge on any atom is 0.319 e. The number of hydrogen-bond acceptors (Lipinski definition) is 5. The molecule has 2 N–H and O–H groups in total. The zero-order chi connectivity index (χ0) is 16.1. The summed E-state index contributed by atoms with van der Waals surface area (Å²) < 4.78 is 0. The molecule has 3 rings (SSSR count). The van der Waals surface area contributed by atoms with Crippen LogP contribution in [0.25, 0.3) is 10.6 Å². The van der Waals surface area contributed by atoms with Crippen molar-refractivity contribution in [2.45, 2.75) is 19.4 Å². The highest BCUT2D eigenvalue weighted by atomic mass is 32.1. The summed E-state index contributed by atoms with van der Waals surface area (Å²) in [5.74, 6) is 0. The van der Waals surface area contributed by atoms with Crippen molar-refractivity contribution in [3.8, 4) is 10.6 Å². The Morgan fingerprint density at radius 2 is 2.04 bits per heavy atom. The lowest BCUT2D eigenvalue weighted by Crippen LogP contribution is -2.32. The lowest BCUT2D eigenvalue weighted by molar-refractivity contribution is 0.248. The molecule has 0 aliphatic rings. The Kier molecular flexibility index (Phi) is 4.99. The van der Waals surface area contributed by atoms with Crippen molar-refractivity contribution in [1.82, 2.24) is 15.3 Å². The Morgan fingerprint density at radius 3 is 2.74 bits per heavy atom. The number of anilines is 1.